The van der Waals surface area contributed by atoms with Crippen LogP contribution in [0.15, 0.2) is 60.7 Å². The lowest BCUT2D eigenvalue weighted by Crippen LogP contribution is -2.11. The molecular weight excluding hydrogens is 328 g/mol. The number of allylic oxidation sites excluding steroid dienone is 2. The summed E-state index contributed by atoms with van der Waals surface area (Å²) in [5.41, 5.74) is 5.22. The lowest BCUT2D eigenvalue weighted by Gasteiger charge is -2.27. The zero-order valence-electron chi connectivity index (χ0n) is 16.4. The van der Waals surface area contributed by atoms with Gasteiger partial charge in [-0.2, -0.15) is 0 Å². The lowest BCUT2D eigenvalue weighted by atomic mass is 9.78. The number of benzene rings is 2. The van der Waals surface area contributed by atoms with E-state index in [1.165, 1.54) is 47.9 Å². The largest absolute Gasteiger partial charge is 0.376 e. The van der Waals surface area contributed by atoms with Gasteiger partial charge in [0.05, 0.1) is 13.2 Å². The third-order valence-corrected chi connectivity index (χ3v) is 5.57. The third-order valence-electron chi connectivity index (χ3n) is 5.57. The van der Waals surface area contributed by atoms with Crippen LogP contribution in [0.25, 0.3) is 11.1 Å². The van der Waals surface area contributed by atoms with Gasteiger partial charge in [-0.05, 0) is 66.7 Å². The summed E-state index contributed by atoms with van der Waals surface area (Å²) in [4.78, 5) is 0. The number of rotatable bonds is 7. The van der Waals surface area contributed by atoms with Gasteiger partial charge in [-0.15, -0.1) is 12.3 Å². The number of terminal acetylenes is 1. The van der Waals surface area contributed by atoms with Crippen LogP contribution in [0.4, 0.5) is 0 Å². The molecule has 0 aliphatic heterocycles. The van der Waals surface area contributed by atoms with Crippen LogP contribution >= 0.6 is 0 Å². The highest BCUT2D eigenvalue weighted by Gasteiger charge is 2.20. The van der Waals surface area contributed by atoms with E-state index in [-0.39, 0.29) is 0 Å². The van der Waals surface area contributed by atoms with Gasteiger partial charge >= 0.3 is 0 Å². The van der Waals surface area contributed by atoms with Crippen molar-refractivity contribution in [2.24, 2.45) is 5.92 Å². The first-order chi connectivity index (χ1) is 13.3. The smallest absolute Gasteiger partial charge is 0.0717 e. The molecule has 0 atom stereocenters. The van der Waals surface area contributed by atoms with Crippen molar-refractivity contribution in [1.29, 1.82) is 0 Å². The monoisotopic (exact) mass is 358 g/mol. The Bertz CT molecular complexity index is 753. The second kappa shape index (κ2) is 10.1. The summed E-state index contributed by atoms with van der Waals surface area (Å²) >= 11 is 0. The molecule has 0 unspecified atom stereocenters. The molecule has 1 nitrogen and oxygen atoms in total. The van der Waals surface area contributed by atoms with Crippen LogP contribution in [-0.4, -0.2) is 6.61 Å². The van der Waals surface area contributed by atoms with Crippen molar-refractivity contribution in [2.45, 2.75) is 51.6 Å². The SMILES string of the molecule is C#CCCOCc1ccc(-c2ccc([C@H]3CC[C@H](C=CC)CC3)cc2)cc1. The summed E-state index contributed by atoms with van der Waals surface area (Å²) in [5, 5.41) is 0. The zero-order valence-corrected chi connectivity index (χ0v) is 16.4. The first-order valence-electron chi connectivity index (χ1n) is 10.1. The summed E-state index contributed by atoms with van der Waals surface area (Å²) in [5.74, 6) is 4.11. The van der Waals surface area contributed by atoms with Gasteiger partial charge < -0.3 is 4.74 Å². The molecule has 0 saturated heterocycles. The molecule has 0 amide bonds. The van der Waals surface area contributed by atoms with Gasteiger partial charge in [-0.25, -0.2) is 0 Å². The van der Waals surface area contributed by atoms with E-state index in [2.05, 4.69) is 73.5 Å². The van der Waals surface area contributed by atoms with Crippen LogP contribution in [0.3, 0.4) is 0 Å². The van der Waals surface area contributed by atoms with E-state index < -0.39 is 0 Å². The van der Waals surface area contributed by atoms with Crippen molar-refractivity contribution in [1.82, 2.24) is 0 Å². The third kappa shape index (κ3) is 5.59. The van der Waals surface area contributed by atoms with Gasteiger partial charge in [-0.3, -0.25) is 0 Å². The number of hydrogen-bond acceptors (Lipinski definition) is 1. The first kappa shape index (κ1) is 19.5. The fourth-order valence-corrected chi connectivity index (χ4v) is 3.98. The topological polar surface area (TPSA) is 9.23 Å². The Kier molecular flexibility index (Phi) is 7.31. The fraction of sp³-hybridized carbons (Fsp3) is 0.385. The summed E-state index contributed by atoms with van der Waals surface area (Å²) in [6, 6.07) is 17.8. The molecule has 2 aromatic carbocycles. The lowest BCUT2D eigenvalue weighted by molar-refractivity contribution is 0.126. The standard InChI is InChI=1S/C26H30O/c1-3-5-19-27-20-22-9-13-24(14-10-22)26-17-15-25(16-18-26)23-11-7-21(6-4-2)8-12-23/h1,4,6,9-10,13-18,21,23H,5,7-8,11-12,19-20H2,2H3/t21-,23-. The van der Waals surface area contributed by atoms with E-state index in [9.17, 15) is 0 Å². The van der Waals surface area contributed by atoms with Crippen molar-refractivity contribution in [2.75, 3.05) is 6.61 Å². The molecule has 0 bridgehead atoms. The van der Waals surface area contributed by atoms with Crippen molar-refractivity contribution < 1.29 is 4.74 Å². The Balaban J connectivity index is 1.56. The second-order valence-electron chi connectivity index (χ2n) is 7.46. The van der Waals surface area contributed by atoms with E-state index in [4.69, 9.17) is 11.2 Å². The van der Waals surface area contributed by atoms with Gasteiger partial charge in [0.15, 0.2) is 0 Å². The summed E-state index contributed by atoms with van der Waals surface area (Å²) in [7, 11) is 0. The highest BCUT2D eigenvalue weighted by Crippen LogP contribution is 2.36. The van der Waals surface area contributed by atoms with Gasteiger partial charge in [-0.1, -0.05) is 60.7 Å². The minimum atomic E-state index is 0.621. The molecule has 0 heterocycles. The molecule has 0 N–H and O–H groups in total. The molecule has 3 rings (SSSR count). The number of hydrogen-bond donors (Lipinski definition) is 0. The minimum Gasteiger partial charge on any atom is -0.376 e. The second-order valence-corrected chi connectivity index (χ2v) is 7.46. The van der Waals surface area contributed by atoms with Gasteiger partial charge in [0, 0.05) is 6.42 Å². The predicted molar refractivity (Wildman–Crippen MR) is 114 cm³/mol. The normalized spacial score (nSPS) is 19.9. The Morgan fingerprint density at radius 1 is 0.963 bits per heavy atom. The molecule has 1 aliphatic carbocycles. The Morgan fingerprint density at radius 2 is 1.59 bits per heavy atom. The molecule has 1 heteroatoms. The van der Waals surface area contributed by atoms with Crippen LogP contribution in [0.1, 0.15) is 56.1 Å². The van der Waals surface area contributed by atoms with Gasteiger partial charge in [0.25, 0.3) is 0 Å². The van der Waals surface area contributed by atoms with Gasteiger partial charge in [0.1, 0.15) is 0 Å². The Hall–Kier alpha value is -2.30. The zero-order chi connectivity index (χ0) is 18.9. The van der Waals surface area contributed by atoms with E-state index in [0.717, 1.165) is 11.8 Å². The van der Waals surface area contributed by atoms with E-state index in [1.54, 1.807) is 0 Å². The van der Waals surface area contributed by atoms with Crippen molar-refractivity contribution in [3.8, 4) is 23.5 Å². The number of ether oxygens (including phenoxy) is 1. The van der Waals surface area contributed by atoms with Crippen molar-refractivity contribution >= 4 is 0 Å². The summed E-state index contributed by atoms with van der Waals surface area (Å²) in [6.45, 7) is 3.37. The van der Waals surface area contributed by atoms with E-state index >= 15 is 0 Å². The molecule has 1 aliphatic rings. The molecule has 0 radical (unpaired) electrons. The average molecular weight is 359 g/mol. The minimum absolute atomic E-state index is 0.621. The molecule has 2 aromatic rings. The highest BCUT2D eigenvalue weighted by atomic mass is 16.5. The molecule has 27 heavy (non-hydrogen) atoms. The maximum Gasteiger partial charge on any atom is 0.0717 e. The molecule has 1 saturated carbocycles. The molecule has 0 spiro atoms. The Morgan fingerprint density at radius 3 is 2.19 bits per heavy atom. The average Bonchev–Trinajstić information content (AvgIpc) is 2.73. The van der Waals surface area contributed by atoms with E-state index in [1.807, 2.05) is 0 Å². The highest BCUT2D eigenvalue weighted by molar-refractivity contribution is 5.64. The van der Waals surface area contributed by atoms with E-state index in [0.29, 0.717) is 19.6 Å². The van der Waals surface area contributed by atoms with Crippen LogP contribution in [0.5, 0.6) is 0 Å². The summed E-state index contributed by atoms with van der Waals surface area (Å²) in [6.07, 6.45) is 15.7. The van der Waals surface area contributed by atoms with Crippen molar-refractivity contribution in [3.05, 3.63) is 71.8 Å². The maximum atomic E-state index is 5.56. The molecule has 140 valence electrons. The van der Waals surface area contributed by atoms with Crippen LogP contribution in [-0.2, 0) is 11.3 Å². The van der Waals surface area contributed by atoms with Crippen LogP contribution in [0.2, 0.25) is 0 Å². The predicted octanol–water partition coefficient (Wildman–Crippen LogP) is 6.74. The van der Waals surface area contributed by atoms with Crippen LogP contribution < -0.4 is 0 Å². The summed E-state index contributed by atoms with van der Waals surface area (Å²) < 4.78 is 5.56. The first-order valence-corrected chi connectivity index (χ1v) is 10.1. The van der Waals surface area contributed by atoms with Crippen molar-refractivity contribution in [3.63, 3.8) is 0 Å². The molecule has 0 aromatic heterocycles. The Labute approximate surface area is 164 Å². The quantitative estimate of drug-likeness (QED) is 0.302. The van der Waals surface area contributed by atoms with Gasteiger partial charge in [0.2, 0.25) is 0 Å². The van der Waals surface area contributed by atoms with Crippen LogP contribution in [0, 0.1) is 18.3 Å². The fourth-order valence-electron chi connectivity index (χ4n) is 3.98. The molecular formula is C26H30O. The maximum absolute atomic E-state index is 5.56. The molecule has 1 fully saturated rings.